The largest absolute Gasteiger partial charge is 0.493 e. The van der Waals surface area contributed by atoms with Crippen molar-refractivity contribution in [2.45, 2.75) is 32.7 Å². The Labute approximate surface area is 173 Å². The van der Waals surface area contributed by atoms with Crippen molar-refractivity contribution in [1.82, 2.24) is 10.2 Å². The molecular formula is C21H25BrN2O4. The lowest BCUT2D eigenvalue weighted by Gasteiger charge is -2.32. The van der Waals surface area contributed by atoms with Crippen LogP contribution in [-0.2, 0) is 0 Å². The van der Waals surface area contributed by atoms with Gasteiger partial charge in [-0.1, -0.05) is 0 Å². The minimum atomic E-state index is -0.0902. The van der Waals surface area contributed by atoms with Gasteiger partial charge in [0.05, 0.1) is 6.61 Å². The molecule has 1 atom stereocenters. The van der Waals surface area contributed by atoms with Gasteiger partial charge in [0.15, 0.2) is 10.4 Å². The zero-order valence-electron chi connectivity index (χ0n) is 16.1. The van der Waals surface area contributed by atoms with E-state index in [0.29, 0.717) is 29.1 Å². The molecule has 1 aromatic heterocycles. The molecule has 7 heteroatoms. The van der Waals surface area contributed by atoms with Gasteiger partial charge in [-0.3, -0.25) is 9.59 Å². The SMILES string of the molecule is CC(C)NC(=O)c1ccc(OC[C@@H]2CCCN(C(=O)c3ccc(Br)o3)C2)cc1. The van der Waals surface area contributed by atoms with Crippen LogP contribution in [0, 0.1) is 5.92 Å². The van der Waals surface area contributed by atoms with Gasteiger partial charge in [-0.05, 0) is 79.0 Å². The van der Waals surface area contributed by atoms with Crippen molar-refractivity contribution in [2.75, 3.05) is 19.7 Å². The molecule has 1 N–H and O–H groups in total. The maximum absolute atomic E-state index is 12.5. The van der Waals surface area contributed by atoms with Crippen molar-refractivity contribution >= 4 is 27.7 Å². The number of furan rings is 1. The van der Waals surface area contributed by atoms with Crippen molar-refractivity contribution < 1.29 is 18.7 Å². The van der Waals surface area contributed by atoms with Crippen LogP contribution in [0.5, 0.6) is 5.75 Å². The highest BCUT2D eigenvalue weighted by molar-refractivity contribution is 9.10. The third kappa shape index (κ3) is 5.38. The Hall–Kier alpha value is -2.28. The van der Waals surface area contributed by atoms with Gasteiger partial charge in [0, 0.05) is 30.6 Å². The minimum Gasteiger partial charge on any atom is -0.493 e. The number of nitrogens with one attached hydrogen (secondary N) is 1. The number of carbonyl (C=O) groups is 2. The molecule has 1 fully saturated rings. The van der Waals surface area contributed by atoms with Gasteiger partial charge in [-0.25, -0.2) is 0 Å². The maximum Gasteiger partial charge on any atom is 0.289 e. The van der Waals surface area contributed by atoms with Crippen LogP contribution >= 0.6 is 15.9 Å². The first kappa shape index (κ1) is 20.5. The molecule has 0 spiro atoms. The van der Waals surface area contributed by atoms with Gasteiger partial charge >= 0.3 is 0 Å². The summed E-state index contributed by atoms with van der Waals surface area (Å²) < 4.78 is 11.8. The van der Waals surface area contributed by atoms with E-state index in [1.165, 1.54) is 0 Å². The van der Waals surface area contributed by atoms with Crippen LogP contribution in [0.1, 0.15) is 47.6 Å². The van der Waals surface area contributed by atoms with Crippen molar-refractivity contribution in [1.29, 1.82) is 0 Å². The fourth-order valence-electron chi connectivity index (χ4n) is 3.23. The third-order valence-electron chi connectivity index (χ3n) is 4.61. The highest BCUT2D eigenvalue weighted by Gasteiger charge is 2.26. The molecule has 1 aliphatic rings. The third-order valence-corrected chi connectivity index (χ3v) is 5.04. The zero-order valence-corrected chi connectivity index (χ0v) is 17.7. The van der Waals surface area contributed by atoms with E-state index in [2.05, 4.69) is 21.2 Å². The standard InChI is InChI=1S/C21H25BrN2O4/c1-14(2)23-20(25)16-5-7-17(8-6-16)27-13-15-4-3-11-24(12-15)21(26)18-9-10-19(22)28-18/h5-10,14-15H,3-4,11-13H2,1-2H3,(H,23,25)/t15-/m1/s1. The molecule has 0 aliphatic carbocycles. The summed E-state index contributed by atoms with van der Waals surface area (Å²) in [5, 5.41) is 2.86. The molecule has 0 bridgehead atoms. The molecule has 6 nitrogen and oxygen atoms in total. The molecule has 3 rings (SSSR count). The van der Waals surface area contributed by atoms with E-state index in [1.54, 1.807) is 36.4 Å². The molecule has 28 heavy (non-hydrogen) atoms. The van der Waals surface area contributed by atoms with E-state index in [4.69, 9.17) is 9.15 Å². The molecule has 0 unspecified atom stereocenters. The van der Waals surface area contributed by atoms with Gasteiger partial charge in [0.2, 0.25) is 0 Å². The number of piperidine rings is 1. The Morgan fingerprint density at radius 2 is 2.00 bits per heavy atom. The Morgan fingerprint density at radius 3 is 2.64 bits per heavy atom. The molecule has 1 aliphatic heterocycles. The van der Waals surface area contributed by atoms with Crippen LogP contribution in [-0.4, -0.2) is 42.5 Å². The topological polar surface area (TPSA) is 71.8 Å². The first-order valence-electron chi connectivity index (χ1n) is 9.50. The fourth-order valence-corrected chi connectivity index (χ4v) is 3.54. The van der Waals surface area contributed by atoms with Crippen LogP contribution in [0.4, 0.5) is 0 Å². The number of hydrogen-bond acceptors (Lipinski definition) is 4. The summed E-state index contributed by atoms with van der Waals surface area (Å²) in [6, 6.07) is 10.6. The molecule has 150 valence electrons. The van der Waals surface area contributed by atoms with E-state index in [-0.39, 0.29) is 23.8 Å². The minimum absolute atomic E-state index is 0.0871. The van der Waals surface area contributed by atoms with Gasteiger partial charge in [-0.15, -0.1) is 0 Å². The van der Waals surface area contributed by atoms with E-state index in [9.17, 15) is 9.59 Å². The summed E-state index contributed by atoms with van der Waals surface area (Å²) in [5.74, 6) is 1.16. The summed E-state index contributed by atoms with van der Waals surface area (Å²) in [4.78, 5) is 26.4. The summed E-state index contributed by atoms with van der Waals surface area (Å²) in [5.41, 5.74) is 0.611. The first-order chi connectivity index (χ1) is 13.4. The van der Waals surface area contributed by atoms with Crippen LogP contribution in [0.2, 0.25) is 0 Å². The normalized spacial score (nSPS) is 16.9. The highest BCUT2D eigenvalue weighted by atomic mass is 79.9. The summed E-state index contributed by atoms with van der Waals surface area (Å²) in [6.07, 6.45) is 1.95. The quantitative estimate of drug-likeness (QED) is 0.721. The lowest BCUT2D eigenvalue weighted by atomic mass is 9.98. The number of amides is 2. The average Bonchev–Trinajstić information content (AvgIpc) is 3.12. The average molecular weight is 449 g/mol. The summed E-state index contributed by atoms with van der Waals surface area (Å²) in [6.45, 7) is 5.76. The molecule has 2 amide bonds. The van der Waals surface area contributed by atoms with Gasteiger partial charge < -0.3 is 19.4 Å². The van der Waals surface area contributed by atoms with E-state index < -0.39 is 0 Å². The van der Waals surface area contributed by atoms with Crippen LogP contribution in [0.25, 0.3) is 0 Å². The van der Waals surface area contributed by atoms with E-state index >= 15 is 0 Å². The highest BCUT2D eigenvalue weighted by Crippen LogP contribution is 2.22. The van der Waals surface area contributed by atoms with E-state index in [0.717, 1.165) is 25.1 Å². The maximum atomic E-state index is 12.5. The van der Waals surface area contributed by atoms with Crippen LogP contribution < -0.4 is 10.1 Å². The van der Waals surface area contributed by atoms with Crippen molar-refractivity contribution in [3.8, 4) is 5.75 Å². The lowest BCUT2D eigenvalue weighted by Crippen LogP contribution is -2.41. The number of benzene rings is 1. The van der Waals surface area contributed by atoms with Gasteiger partial charge in [-0.2, -0.15) is 0 Å². The predicted molar refractivity (Wildman–Crippen MR) is 110 cm³/mol. The van der Waals surface area contributed by atoms with Crippen molar-refractivity contribution in [3.05, 3.63) is 52.4 Å². The number of halogens is 1. The molecule has 2 heterocycles. The monoisotopic (exact) mass is 448 g/mol. The summed E-state index contributed by atoms with van der Waals surface area (Å²) >= 11 is 3.23. The molecule has 1 saturated heterocycles. The second-order valence-electron chi connectivity index (χ2n) is 7.33. The predicted octanol–water partition coefficient (Wildman–Crippen LogP) is 4.11. The van der Waals surface area contributed by atoms with E-state index in [1.807, 2.05) is 18.7 Å². The Bertz CT molecular complexity index is 816. The van der Waals surface area contributed by atoms with Crippen LogP contribution in [0.15, 0.2) is 45.5 Å². The summed E-state index contributed by atoms with van der Waals surface area (Å²) in [7, 11) is 0. The Balaban J connectivity index is 1.51. The zero-order chi connectivity index (χ0) is 20.1. The molecule has 2 aromatic rings. The Morgan fingerprint density at radius 1 is 1.25 bits per heavy atom. The number of likely N-dealkylation sites (tertiary alicyclic amines) is 1. The molecule has 0 saturated carbocycles. The second kappa shape index (κ2) is 9.28. The van der Waals surface area contributed by atoms with Gasteiger partial charge in [0.25, 0.3) is 11.8 Å². The molecular weight excluding hydrogens is 424 g/mol. The van der Waals surface area contributed by atoms with Gasteiger partial charge in [0.1, 0.15) is 5.75 Å². The first-order valence-corrected chi connectivity index (χ1v) is 10.3. The van der Waals surface area contributed by atoms with Crippen LogP contribution in [0.3, 0.4) is 0 Å². The lowest BCUT2D eigenvalue weighted by molar-refractivity contribution is 0.0601. The number of ether oxygens (including phenoxy) is 1. The number of nitrogens with zero attached hydrogens (tertiary/aromatic N) is 1. The number of carbonyl (C=O) groups excluding carboxylic acids is 2. The number of rotatable bonds is 6. The second-order valence-corrected chi connectivity index (χ2v) is 8.11. The molecule has 0 radical (unpaired) electrons. The fraction of sp³-hybridized carbons (Fsp3) is 0.429. The molecule has 1 aromatic carbocycles. The van der Waals surface area contributed by atoms with Crippen molar-refractivity contribution in [3.63, 3.8) is 0 Å². The van der Waals surface area contributed by atoms with Crippen molar-refractivity contribution in [2.24, 2.45) is 5.92 Å². The Kier molecular flexibility index (Phi) is 6.78. The number of hydrogen-bond donors (Lipinski definition) is 1. The smallest absolute Gasteiger partial charge is 0.289 e.